The number of anilines is 1. The molecule has 1 amide bonds. The van der Waals surface area contributed by atoms with Gasteiger partial charge >= 0.3 is 0 Å². The van der Waals surface area contributed by atoms with Gasteiger partial charge in [-0.1, -0.05) is 19.9 Å². The Morgan fingerprint density at radius 3 is 2.65 bits per heavy atom. The van der Waals surface area contributed by atoms with Crippen LogP contribution in [0.4, 0.5) is 14.5 Å². The number of pyridine rings is 1. The number of nitrogens with zero attached hydrogens (tertiary/aromatic N) is 2. The zero-order valence-electron chi connectivity index (χ0n) is 17.3. The number of carbonyl (C=O) groups is 1. The van der Waals surface area contributed by atoms with Crippen LogP contribution in [0, 0.1) is 23.5 Å². The zero-order chi connectivity index (χ0) is 22.1. The Labute approximate surface area is 183 Å². The second kappa shape index (κ2) is 8.80. The predicted molar refractivity (Wildman–Crippen MR) is 118 cm³/mol. The van der Waals surface area contributed by atoms with Gasteiger partial charge in [-0.05, 0) is 54.4 Å². The van der Waals surface area contributed by atoms with Gasteiger partial charge in [0.15, 0.2) is 0 Å². The SMILES string of the molecule is C[C@@H]1[C@H](C)C[C@H](c2ccncc2NC(=O)c2csc(-c3c(F)cccc3F)n2)C[C@@H]1N. The van der Waals surface area contributed by atoms with Crippen molar-refractivity contribution in [3.63, 3.8) is 0 Å². The van der Waals surface area contributed by atoms with E-state index in [1.807, 2.05) is 6.07 Å². The molecule has 0 bridgehead atoms. The van der Waals surface area contributed by atoms with Crippen LogP contribution in [0.25, 0.3) is 10.6 Å². The van der Waals surface area contributed by atoms with Gasteiger partial charge in [0.1, 0.15) is 22.3 Å². The summed E-state index contributed by atoms with van der Waals surface area (Å²) in [6, 6.07) is 5.63. The second-order valence-electron chi connectivity index (χ2n) is 8.22. The molecular formula is C23H24F2N4OS. The van der Waals surface area contributed by atoms with Crippen LogP contribution in [-0.2, 0) is 0 Å². The number of amides is 1. The molecule has 3 aromatic rings. The van der Waals surface area contributed by atoms with Crippen molar-refractivity contribution in [2.24, 2.45) is 17.6 Å². The number of hydrogen-bond donors (Lipinski definition) is 2. The van der Waals surface area contributed by atoms with Crippen LogP contribution in [0.5, 0.6) is 0 Å². The summed E-state index contributed by atoms with van der Waals surface area (Å²) in [5.74, 6) is -0.737. The van der Waals surface area contributed by atoms with Crippen molar-refractivity contribution in [2.45, 2.75) is 38.6 Å². The number of nitrogens with one attached hydrogen (secondary N) is 1. The molecule has 31 heavy (non-hydrogen) atoms. The Kier molecular flexibility index (Phi) is 6.11. The highest BCUT2D eigenvalue weighted by atomic mass is 32.1. The average Bonchev–Trinajstić information content (AvgIpc) is 3.22. The molecule has 0 saturated heterocycles. The van der Waals surface area contributed by atoms with Gasteiger partial charge in [0.2, 0.25) is 0 Å². The first-order valence-electron chi connectivity index (χ1n) is 10.3. The lowest BCUT2D eigenvalue weighted by molar-refractivity contribution is 0.102. The molecule has 1 fully saturated rings. The van der Waals surface area contributed by atoms with E-state index >= 15 is 0 Å². The van der Waals surface area contributed by atoms with Crippen molar-refractivity contribution >= 4 is 22.9 Å². The van der Waals surface area contributed by atoms with Crippen molar-refractivity contribution in [3.05, 3.63) is 64.9 Å². The van der Waals surface area contributed by atoms with E-state index in [4.69, 9.17) is 5.73 Å². The third kappa shape index (κ3) is 4.36. The molecule has 1 aromatic carbocycles. The summed E-state index contributed by atoms with van der Waals surface area (Å²) >= 11 is 1.02. The van der Waals surface area contributed by atoms with Crippen LogP contribution in [0.15, 0.2) is 42.0 Å². The maximum absolute atomic E-state index is 14.1. The Balaban J connectivity index is 1.56. The van der Waals surface area contributed by atoms with Gasteiger partial charge in [0.25, 0.3) is 5.91 Å². The summed E-state index contributed by atoms with van der Waals surface area (Å²) in [6.07, 6.45) is 5.15. The van der Waals surface area contributed by atoms with Crippen LogP contribution < -0.4 is 11.1 Å². The molecule has 2 aromatic heterocycles. The van der Waals surface area contributed by atoms with Crippen molar-refractivity contribution in [1.82, 2.24) is 9.97 Å². The van der Waals surface area contributed by atoms with Gasteiger partial charge in [0.05, 0.1) is 17.4 Å². The Bertz CT molecular complexity index is 1070. The smallest absolute Gasteiger partial charge is 0.275 e. The number of benzene rings is 1. The summed E-state index contributed by atoms with van der Waals surface area (Å²) in [6.45, 7) is 4.38. The molecule has 2 heterocycles. The molecule has 4 rings (SSSR count). The molecule has 0 spiro atoms. The van der Waals surface area contributed by atoms with Gasteiger partial charge < -0.3 is 11.1 Å². The molecule has 3 N–H and O–H groups in total. The summed E-state index contributed by atoms with van der Waals surface area (Å²) in [4.78, 5) is 21.2. The lowest BCUT2D eigenvalue weighted by Crippen LogP contribution is -2.39. The molecule has 0 unspecified atom stereocenters. The topological polar surface area (TPSA) is 80.9 Å². The van der Waals surface area contributed by atoms with E-state index in [1.165, 1.54) is 11.4 Å². The number of rotatable bonds is 4. The van der Waals surface area contributed by atoms with E-state index in [2.05, 4.69) is 29.1 Å². The number of hydrogen-bond acceptors (Lipinski definition) is 5. The highest BCUT2D eigenvalue weighted by Gasteiger charge is 2.32. The Morgan fingerprint density at radius 2 is 1.94 bits per heavy atom. The molecule has 1 saturated carbocycles. The van der Waals surface area contributed by atoms with Gasteiger partial charge in [-0.25, -0.2) is 13.8 Å². The molecule has 162 valence electrons. The monoisotopic (exact) mass is 442 g/mol. The lowest BCUT2D eigenvalue weighted by atomic mass is 9.71. The van der Waals surface area contributed by atoms with Crippen molar-refractivity contribution in [2.75, 3.05) is 5.32 Å². The van der Waals surface area contributed by atoms with Crippen LogP contribution in [0.1, 0.15) is 48.7 Å². The molecule has 1 aliphatic carbocycles. The number of aromatic nitrogens is 2. The molecular weight excluding hydrogens is 418 g/mol. The van der Waals surface area contributed by atoms with E-state index in [0.717, 1.165) is 41.9 Å². The molecule has 1 aliphatic rings. The maximum Gasteiger partial charge on any atom is 0.275 e. The fourth-order valence-corrected chi connectivity index (χ4v) is 5.07. The lowest BCUT2D eigenvalue weighted by Gasteiger charge is -2.37. The minimum absolute atomic E-state index is 0.0970. The number of halogens is 2. The standard InChI is InChI=1S/C23H24F2N4OS/c1-12-8-14(9-18(26)13(12)2)15-6-7-27-10-19(15)28-22(30)20-11-31-23(29-20)21-16(24)4-3-5-17(21)25/h3-7,10-14,18H,8-9,26H2,1-2H3,(H,28,30)/t12-,13-,14+,18+/m1/s1. The first-order chi connectivity index (χ1) is 14.8. The normalized spacial score (nSPS) is 23.5. The summed E-state index contributed by atoms with van der Waals surface area (Å²) in [5.41, 5.74) is 7.82. The highest BCUT2D eigenvalue weighted by Crippen LogP contribution is 2.41. The van der Waals surface area contributed by atoms with E-state index in [0.29, 0.717) is 17.5 Å². The summed E-state index contributed by atoms with van der Waals surface area (Å²) in [5, 5.41) is 4.49. The number of nitrogens with two attached hydrogens (primary N) is 1. The van der Waals surface area contributed by atoms with Crippen molar-refractivity contribution < 1.29 is 13.6 Å². The fraction of sp³-hybridized carbons (Fsp3) is 0.348. The van der Waals surface area contributed by atoms with Crippen molar-refractivity contribution in [3.8, 4) is 10.6 Å². The van der Waals surface area contributed by atoms with E-state index in [9.17, 15) is 13.6 Å². The molecule has 0 radical (unpaired) electrons. The van der Waals surface area contributed by atoms with Crippen molar-refractivity contribution in [1.29, 1.82) is 0 Å². The van der Waals surface area contributed by atoms with Crippen LogP contribution in [0.2, 0.25) is 0 Å². The average molecular weight is 443 g/mol. The van der Waals surface area contributed by atoms with Crippen LogP contribution >= 0.6 is 11.3 Å². The second-order valence-corrected chi connectivity index (χ2v) is 9.08. The number of carbonyl (C=O) groups excluding carboxylic acids is 1. The Hall–Kier alpha value is -2.71. The summed E-state index contributed by atoms with van der Waals surface area (Å²) in [7, 11) is 0. The van der Waals surface area contributed by atoms with Gasteiger partial charge in [0, 0.05) is 17.6 Å². The quantitative estimate of drug-likeness (QED) is 0.581. The van der Waals surface area contributed by atoms with Gasteiger partial charge in [-0.15, -0.1) is 11.3 Å². The predicted octanol–water partition coefficient (Wildman–Crippen LogP) is 5.21. The van der Waals surface area contributed by atoms with E-state index in [-0.39, 0.29) is 28.2 Å². The van der Waals surface area contributed by atoms with E-state index < -0.39 is 17.5 Å². The first-order valence-corrected chi connectivity index (χ1v) is 11.1. The third-order valence-electron chi connectivity index (χ3n) is 6.24. The maximum atomic E-state index is 14.1. The van der Waals surface area contributed by atoms with E-state index in [1.54, 1.807) is 12.4 Å². The van der Waals surface area contributed by atoms with Gasteiger partial charge in [-0.2, -0.15) is 0 Å². The largest absolute Gasteiger partial charge is 0.327 e. The minimum atomic E-state index is -0.715. The highest BCUT2D eigenvalue weighted by molar-refractivity contribution is 7.13. The minimum Gasteiger partial charge on any atom is -0.327 e. The number of thiazole rings is 1. The first kappa shape index (κ1) is 21.5. The molecule has 5 nitrogen and oxygen atoms in total. The third-order valence-corrected chi connectivity index (χ3v) is 7.10. The molecule has 8 heteroatoms. The Morgan fingerprint density at radius 1 is 1.19 bits per heavy atom. The van der Waals surface area contributed by atoms with Gasteiger partial charge in [-0.3, -0.25) is 9.78 Å². The fourth-order valence-electron chi connectivity index (χ4n) is 4.23. The van der Waals surface area contributed by atoms with Crippen LogP contribution in [0.3, 0.4) is 0 Å². The molecule has 0 aliphatic heterocycles. The zero-order valence-corrected chi connectivity index (χ0v) is 18.1. The molecule has 4 atom stereocenters. The summed E-state index contributed by atoms with van der Waals surface area (Å²) < 4.78 is 28.1. The van der Waals surface area contributed by atoms with Crippen LogP contribution in [-0.4, -0.2) is 21.9 Å².